The summed E-state index contributed by atoms with van der Waals surface area (Å²) in [6, 6.07) is 6.41. The molecule has 4 rings (SSSR count). The third-order valence-electron chi connectivity index (χ3n) is 4.72. The fourth-order valence-electron chi connectivity index (χ4n) is 3.16. The van der Waals surface area contributed by atoms with Gasteiger partial charge in [-0.25, -0.2) is 4.98 Å². The average Bonchev–Trinajstić information content (AvgIpc) is 3.36. The number of hydrogen-bond acceptors (Lipinski definition) is 5. The zero-order valence-corrected chi connectivity index (χ0v) is 14.8. The van der Waals surface area contributed by atoms with Crippen molar-refractivity contribution >= 4 is 32.6 Å². The molecule has 0 atom stereocenters. The molecule has 6 heteroatoms. The van der Waals surface area contributed by atoms with Crippen LogP contribution in [0.2, 0.25) is 0 Å². The van der Waals surface area contributed by atoms with Gasteiger partial charge in [0.1, 0.15) is 5.75 Å². The number of rotatable bonds is 5. The molecule has 0 spiro atoms. The molecule has 0 bridgehead atoms. The lowest BCUT2D eigenvalue weighted by Gasteiger charge is -2.32. The molecule has 1 aliphatic carbocycles. The average molecular weight is 345 g/mol. The van der Waals surface area contributed by atoms with Gasteiger partial charge in [-0.05, 0) is 50.8 Å². The van der Waals surface area contributed by atoms with Crippen LogP contribution < -0.4 is 15.0 Å². The van der Waals surface area contributed by atoms with E-state index < -0.39 is 0 Å². The minimum Gasteiger partial charge on any atom is -0.494 e. The van der Waals surface area contributed by atoms with E-state index in [9.17, 15) is 4.79 Å². The van der Waals surface area contributed by atoms with E-state index in [2.05, 4.69) is 16.3 Å². The fraction of sp³-hybridized carbons (Fsp3) is 0.556. The lowest BCUT2D eigenvalue weighted by molar-refractivity contribution is -0.123. The Bertz CT molecular complexity index is 733. The quantitative estimate of drug-likeness (QED) is 0.904. The zero-order chi connectivity index (χ0) is 16.5. The van der Waals surface area contributed by atoms with Crippen molar-refractivity contribution in [2.24, 2.45) is 5.92 Å². The molecular formula is C18H23N3O2S. The van der Waals surface area contributed by atoms with Crippen molar-refractivity contribution in [3.05, 3.63) is 18.2 Å². The van der Waals surface area contributed by atoms with Crippen molar-refractivity contribution in [3.63, 3.8) is 0 Å². The van der Waals surface area contributed by atoms with E-state index in [-0.39, 0.29) is 5.91 Å². The summed E-state index contributed by atoms with van der Waals surface area (Å²) < 4.78 is 6.74. The van der Waals surface area contributed by atoms with Gasteiger partial charge in [0.2, 0.25) is 5.91 Å². The molecule has 5 nitrogen and oxygen atoms in total. The lowest BCUT2D eigenvalue weighted by atomic mass is 10.1. The Labute approximate surface area is 146 Å². The fourth-order valence-corrected chi connectivity index (χ4v) is 4.21. The van der Waals surface area contributed by atoms with Gasteiger partial charge in [0.15, 0.2) is 5.13 Å². The van der Waals surface area contributed by atoms with Crippen molar-refractivity contribution in [2.45, 2.75) is 38.6 Å². The van der Waals surface area contributed by atoms with Gasteiger partial charge in [0, 0.05) is 25.0 Å². The normalized spacial score (nSPS) is 18.8. The Morgan fingerprint density at radius 1 is 1.33 bits per heavy atom. The minimum atomic E-state index is 0.261. The van der Waals surface area contributed by atoms with Crippen molar-refractivity contribution in [1.82, 2.24) is 10.3 Å². The first-order chi connectivity index (χ1) is 11.7. The summed E-state index contributed by atoms with van der Waals surface area (Å²) in [5, 5.41) is 4.28. The highest BCUT2D eigenvalue weighted by molar-refractivity contribution is 7.22. The number of nitrogens with one attached hydrogen (secondary N) is 1. The second kappa shape index (κ2) is 6.59. The van der Waals surface area contributed by atoms with Crippen LogP contribution in [0.3, 0.4) is 0 Å². The third-order valence-corrected chi connectivity index (χ3v) is 5.80. The van der Waals surface area contributed by atoms with E-state index >= 15 is 0 Å². The number of ether oxygens (including phenoxy) is 1. The van der Waals surface area contributed by atoms with Gasteiger partial charge in [0.05, 0.1) is 16.8 Å². The van der Waals surface area contributed by atoms with E-state index in [1.165, 1.54) is 4.70 Å². The molecule has 1 saturated carbocycles. The number of nitrogens with zero attached hydrogens (tertiary/aromatic N) is 2. The predicted molar refractivity (Wildman–Crippen MR) is 96.9 cm³/mol. The van der Waals surface area contributed by atoms with Gasteiger partial charge in [-0.1, -0.05) is 11.3 Å². The molecule has 0 radical (unpaired) electrons. The number of carbonyl (C=O) groups is 1. The van der Waals surface area contributed by atoms with Crippen LogP contribution in [0.5, 0.6) is 5.75 Å². The second-order valence-corrected chi connectivity index (χ2v) is 7.61. The van der Waals surface area contributed by atoms with Crippen LogP contribution in [0.4, 0.5) is 5.13 Å². The summed E-state index contributed by atoms with van der Waals surface area (Å²) >= 11 is 1.72. The number of carbonyl (C=O) groups excluding carboxylic acids is 1. The molecule has 128 valence electrons. The molecule has 2 aliphatic rings. The molecule has 2 heterocycles. The summed E-state index contributed by atoms with van der Waals surface area (Å²) in [6.07, 6.45) is 4.14. The Morgan fingerprint density at radius 2 is 2.12 bits per heavy atom. The number of thiazole rings is 1. The monoisotopic (exact) mass is 345 g/mol. The Kier molecular flexibility index (Phi) is 4.31. The third kappa shape index (κ3) is 3.34. The summed E-state index contributed by atoms with van der Waals surface area (Å²) in [5.74, 6) is 1.46. The van der Waals surface area contributed by atoms with E-state index in [4.69, 9.17) is 9.72 Å². The van der Waals surface area contributed by atoms with Gasteiger partial charge < -0.3 is 15.0 Å². The molecule has 24 heavy (non-hydrogen) atoms. The predicted octanol–water partition coefficient (Wildman–Crippen LogP) is 3.19. The van der Waals surface area contributed by atoms with Gasteiger partial charge in [-0.2, -0.15) is 0 Å². The highest BCUT2D eigenvalue weighted by Gasteiger charge is 2.32. The molecule has 0 unspecified atom stereocenters. The van der Waals surface area contributed by atoms with Gasteiger partial charge in [-0.15, -0.1) is 0 Å². The first kappa shape index (κ1) is 15.7. The van der Waals surface area contributed by atoms with E-state index in [1.807, 2.05) is 19.1 Å². The van der Waals surface area contributed by atoms with Crippen LogP contribution in [0.15, 0.2) is 18.2 Å². The Morgan fingerprint density at radius 3 is 2.83 bits per heavy atom. The number of piperidine rings is 1. The lowest BCUT2D eigenvalue weighted by Crippen LogP contribution is -2.45. The molecule has 2 fully saturated rings. The van der Waals surface area contributed by atoms with E-state index in [0.29, 0.717) is 18.6 Å². The minimum absolute atomic E-state index is 0.261. The summed E-state index contributed by atoms with van der Waals surface area (Å²) in [4.78, 5) is 19.0. The Hall–Kier alpha value is -1.82. The van der Waals surface area contributed by atoms with Crippen molar-refractivity contribution in [3.8, 4) is 5.75 Å². The number of anilines is 1. The van der Waals surface area contributed by atoms with Crippen LogP contribution in [0.25, 0.3) is 10.2 Å². The summed E-state index contributed by atoms with van der Waals surface area (Å²) in [7, 11) is 0. The van der Waals surface area contributed by atoms with Crippen molar-refractivity contribution in [2.75, 3.05) is 24.6 Å². The summed E-state index contributed by atoms with van der Waals surface area (Å²) in [6.45, 7) is 4.58. The standard InChI is InChI=1S/C18H23N3O2S/c1-2-23-14-5-6-15-16(11-14)24-18(20-15)21-9-7-13(8-10-21)19-17(22)12-3-4-12/h5-6,11-13H,2-4,7-10H2,1H3,(H,19,22). The highest BCUT2D eigenvalue weighted by atomic mass is 32.1. The number of hydrogen-bond donors (Lipinski definition) is 1. The number of amides is 1. The highest BCUT2D eigenvalue weighted by Crippen LogP contribution is 2.33. The van der Waals surface area contributed by atoms with Gasteiger partial charge in [0.25, 0.3) is 0 Å². The number of benzene rings is 1. The smallest absolute Gasteiger partial charge is 0.223 e. The molecule has 1 aromatic carbocycles. The number of aromatic nitrogens is 1. The van der Waals surface area contributed by atoms with Crippen molar-refractivity contribution in [1.29, 1.82) is 0 Å². The maximum Gasteiger partial charge on any atom is 0.223 e. The largest absolute Gasteiger partial charge is 0.494 e. The van der Waals surface area contributed by atoms with E-state index in [0.717, 1.165) is 55.2 Å². The van der Waals surface area contributed by atoms with Crippen LogP contribution in [-0.2, 0) is 4.79 Å². The first-order valence-corrected chi connectivity index (χ1v) is 9.63. The topological polar surface area (TPSA) is 54.5 Å². The van der Waals surface area contributed by atoms with Gasteiger partial charge >= 0.3 is 0 Å². The first-order valence-electron chi connectivity index (χ1n) is 8.81. The SMILES string of the molecule is CCOc1ccc2nc(N3CCC(NC(=O)C4CC4)CC3)sc2c1. The molecule has 1 N–H and O–H groups in total. The van der Waals surface area contributed by atoms with Crippen LogP contribution >= 0.6 is 11.3 Å². The Balaban J connectivity index is 1.39. The zero-order valence-electron chi connectivity index (χ0n) is 14.0. The molecule has 1 aromatic heterocycles. The summed E-state index contributed by atoms with van der Waals surface area (Å²) in [5.41, 5.74) is 1.03. The van der Waals surface area contributed by atoms with Crippen LogP contribution in [-0.4, -0.2) is 36.6 Å². The molecule has 1 saturated heterocycles. The van der Waals surface area contributed by atoms with Crippen LogP contribution in [0.1, 0.15) is 32.6 Å². The second-order valence-electron chi connectivity index (χ2n) is 6.60. The maximum atomic E-state index is 11.9. The van der Waals surface area contributed by atoms with Crippen molar-refractivity contribution < 1.29 is 9.53 Å². The molecule has 1 aliphatic heterocycles. The van der Waals surface area contributed by atoms with Crippen LogP contribution in [0, 0.1) is 5.92 Å². The molecule has 1 amide bonds. The van der Waals surface area contributed by atoms with E-state index in [1.54, 1.807) is 11.3 Å². The molecule has 2 aromatic rings. The molecular weight excluding hydrogens is 322 g/mol. The number of fused-ring (bicyclic) bond motifs is 1. The van der Waals surface area contributed by atoms with Gasteiger partial charge in [-0.3, -0.25) is 4.79 Å². The maximum absolute atomic E-state index is 11.9.